The Morgan fingerprint density at radius 1 is 0.950 bits per heavy atom. The zero-order valence-electron chi connectivity index (χ0n) is 11.8. The monoisotopic (exact) mass is 263 g/mol. The molecule has 20 heavy (non-hydrogen) atoms. The van der Waals surface area contributed by atoms with Gasteiger partial charge in [-0.3, -0.25) is 4.79 Å². The van der Waals surface area contributed by atoms with E-state index in [1.54, 1.807) is 0 Å². The molecule has 0 radical (unpaired) electrons. The maximum Gasteiger partial charge on any atom is 0.182 e. The Hall–Kier alpha value is -2.35. The number of ketones is 1. The van der Waals surface area contributed by atoms with Crippen LogP contribution < -0.4 is 0 Å². The molecule has 0 atom stereocenters. The number of aryl methyl sites for hydroxylation is 2. The quantitative estimate of drug-likeness (QED) is 0.651. The van der Waals surface area contributed by atoms with E-state index in [1.165, 1.54) is 16.5 Å². The summed E-state index contributed by atoms with van der Waals surface area (Å²) in [5, 5.41) is 1.18. The fraction of sp³-hybridized carbons (Fsp3) is 0.167. The normalized spacial score (nSPS) is 10.9. The van der Waals surface area contributed by atoms with Gasteiger partial charge in [0.25, 0.3) is 0 Å². The Kier molecular flexibility index (Phi) is 3.15. The van der Waals surface area contributed by atoms with Gasteiger partial charge in [-0.25, -0.2) is 0 Å². The fourth-order valence-corrected chi connectivity index (χ4v) is 2.44. The summed E-state index contributed by atoms with van der Waals surface area (Å²) in [4.78, 5) is 12.3. The summed E-state index contributed by atoms with van der Waals surface area (Å²) in [6.45, 7) is 4.49. The van der Waals surface area contributed by atoms with Gasteiger partial charge in [-0.15, -0.1) is 0 Å². The molecule has 0 saturated carbocycles. The lowest BCUT2D eigenvalue weighted by Gasteiger charge is -2.06. The van der Waals surface area contributed by atoms with Crippen molar-refractivity contribution in [3.05, 3.63) is 71.4 Å². The number of carbonyl (C=O) groups excluding carboxylic acids is 1. The van der Waals surface area contributed by atoms with Gasteiger partial charge >= 0.3 is 0 Å². The minimum absolute atomic E-state index is 0.142. The van der Waals surface area contributed by atoms with Gasteiger partial charge in [0, 0.05) is 17.3 Å². The van der Waals surface area contributed by atoms with E-state index < -0.39 is 0 Å². The molecule has 0 bridgehead atoms. The zero-order valence-corrected chi connectivity index (χ0v) is 11.8. The molecule has 1 heterocycles. The van der Waals surface area contributed by atoms with Gasteiger partial charge in [-0.05, 0) is 37.4 Å². The number of carbonyl (C=O) groups is 1. The second-order valence-electron chi connectivity index (χ2n) is 5.30. The first kappa shape index (κ1) is 12.7. The molecule has 0 aliphatic heterocycles. The summed E-state index contributed by atoms with van der Waals surface area (Å²) >= 11 is 0. The van der Waals surface area contributed by atoms with Crippen LogP contribution in [-0.4, -0.2) is 10.4 Å². The fourth-order valence-electron chi connectivity index (χ4n) is 2.44. The predicted octanol–water partition coefficient (Wildman–Crippen LogP) is 4.14. The van der Waals surface area contributed by atoms with Crippen molar-refractivity contribution in [2.45, 2.75) is 20.4 Å². The Morgan fingerprint density at radius 3 is 2.40 bits per heavy atom. The van der Waals surface area contributed by atoms with Gasteiger partial charge in [0.2, 0.25) is 0 Å². The van der Waals surface area contributed by atoms with Crippen LogP contribution in [0.1, 0.15) is 21.5 Å². The zero-order chi connectivity index (χ0) is 14.1. The number of Topliss-reactive ketones (excluding diaryl/α,β-unsaturated/α-hetero) is 1. The molecular weight excluding hydrogens is 246 g/mol. The number of aromatic nitrogens is 1. The third kappa shape index (κ3) is 2.37. The highest BCUT2D eigenvalue weighted by molar-refractivity contribution is 5.97. The summed E-state index contributed by atoms with van der Waals surface area (Å²) in [7, 11) is 0. The Bertz CT molecular complexity index is 766. The number of nitrogens with zero attached hydrogens (tertiary/aromatic N) is 1. The highest BCUT2D eigenvalue weighted by Gasteiger charge is 2.08. The molecule has 0 saturated heterocycles. The molecule has 0 fully saturated rings. The van der Waals surface area contributed by atoms with Gasteiger partial charge < -0.3 is 4.57 Å². The SMILES string of the molecule is Cc1ccc(C(=O)Cn2ccc3cc(C)ccc32)cc1. The van der Waals surface area contributed by atoms with Crippen molar-refractivity contribution in [1.82, 2.24) is 4.57 Å². The van der Waals surface area contributed by atoms with Crippen LogP contribution in [0.2, 0.25) is 0 Å². The Balaban J connectivity index is 1.89. The van der Waals surface area contributed by atoms with Crippen molar-refractivity contribution >= 4 is 16.7 Å². The maximum atomic E-state index is 12.3. The first-order valence-corrected chi connectivity index (χ1v) is 6.79. The minimum atomic E-state index is 0.142. The van der Waals surface area contributed by atoms with Crippen LogP contribution in [0, 0.1) is 13.8 Å². The van der Waals surface area contributed by atoms with Gasteiger partial charge in [0.05, 0.1) is 6.54 Å². The van der Waals surface area contributed by atoms with Crippen LogP contribution >= 0.6 is 0 Å². The van der Waals surface area contributed by atoms with Gasteiger partial charge in [0.15, 0.2) is 5.78 Å². The topological polar surface area (TPSA) is 22.0 Å². The van der Waals surface area contributed by atoms with Crippen molar-refractivity contribution < 1.29 is 4.79 Å². The average molecular weight is 263 g/mol. The lowest BCUT2D eigenvalue weighted by atomic mass is 10.1. The van der Waals surface area contributed by atoms with Gasteiger partial charge in [0.1, 0.15) is 0 Å². The summed E-state index contributed by atoms with van der Waals surface area (Å²) in [5.41, 5.74) is 4.28. The number of hydrogen-bond acceptors (Lipinski definition) is 1. The highest BCUT2D eigenvalue weighted by Crippen LogP contribution is 2.18. The van der Waals surface area contributed by atoms with Crippen LogP contribution in [0.25, 0.3) is 10.9 Å². The lowest BCUT2D eigenvalue weighted by molar-refractivity contribution is 0.0973. The molecule has 3 aromatic rings. The van der Waals surface area contributed by atoms with Crippen LogP contribution in [0.3, 0.4) is 0 Å². The summed E-state index contributed by atoms with van der Waals surface area (Å²) in [5.74, 6) is 0.142. The summed E-state index contributed by atoms with van der Waals surface area (Å²) in [6, 6.07) is 16.1. The number of benzene rings is 2. The highest BCUT2D eigenvalue weighted by atomic mass is 16.1. The molecule has 3 rings (SSSR count). The molecule has 0 unspecified atom stereocenters. The Morgan fingerprint density at radius 2 is 1.65 bits per heavy atom. The second kappa shape index (κ2) is 4.97. The van der Waals surface area contributed by atoms with E-state index in [0.717, 1.165) is 11.1 Å². The van der Waals surface area contributed by atoms with Crippen molar-refractivity contribution in [3.8, 4) is 0 Å². The molecule has 0 aliphatic rings. The van der Waals surface area contributed by atoms with E-state index in [0.29, 0.717) is 6.54 Å². The third-order valence-corrected chi connectivity index (χ3v) is 3.61. The predicted molar refractivity (Wildman–Crippen MR) is 82.2 cm³/mol. The van der Waals surface area contributed by atoms with Gasteiger partial charge in [-0.2, -0.15) is 0 Å². The van der Waals surface area contributed by atoms with Gasteiger partial charge in [-0.1, -0.05) is 41.5 Å². The van der Waals surface area contributed by atoms with Crippen LogP contribution in [0.4, 0.5) is 0 Å². The van der Waals surface area contributed by atoms with E-state index in [2.05, 4.69) is 31.2 Å². The standard InChI is InChI=1S/C18H17NO/c1-13-3-6-15(7-4-13)18(20)12-19-10-9-16-11-14(2)5-8-17(16)19/h3-11H,12H2,1-2H3. The summed E-state index contributed by atoms with van der Waals surface area (Å²) < 4.78 is 2.01. The van der Waals surface area contributed by atoms with E-state index in [4.69, 9.17) is 0 Å². The molecule has 100 valence electrons. The smallest absolute Gasteiger partial charge is 0.182 e. The average Bonchev–Trinajstić information content (AvgIpc) is 2.81. The minimum Gasteiger partial charge on any atom is -0.340 e. The van der Waals surface area contributed by atoms with Crippen LogP contribution in [-0.2, 0) is 6.54 Å². The van der Waals surface area contributed by atoms with Crippen LogP contribution in [0.5, 0.6) is 0 Å². The Labute approximate surface area is 118 Å². The molecule has 1 aromatic heterocycles. The lowest BCUT2D eigenvalue weighted by Crippen LogP contribution is -2.09. The third-order valence-electron chi connectivity index (χ3n) is 3.61. The number of rotatable bonds is 3. The molecule has 2 nitrogen and oxygen atoms in total. The van der Waals surface area contributed by atoms with Crippen molar-refractivity contribution in [2.24, 2.45) is 0 Å². The number of hydrogen-bond donors (Lipinski definition) is 0. The van der Waals surface area contributed by atoms with Crippen LogP contribution in [0.15, 0.2) is 54.7 Å². The molecule has 2 heteroatoms. The first-order valence-electron chi connectivity index (χ1n) is 6.79. The van der Waals surface area contributed by atoms with E-state index >= 15 is 0 Å². The molecule has 2 aromatic carbocycles. The molecule has 0 amide bonds. The maximum absolute atomic E-state index is 12.3. The second-order valence-corrected chi connectivity index (χ2v) is 5.30. The van der Waals surface area contributed by atoms with Crippen molar-refractivity contribution in [2.75, 3.05) is 0 Å². The van der Waals surface area contributed by atoms with Crippen molar-refractivity contribution in [3.63, 3.8) is 0 Å². The molecular formula is C18H17NO. The van der Waals surface area contributed by atoms with E-state index in [1.807, 2.05) is 42.0 Å². The molecule has 0 aliphatic carbocycles. The van der Waals surface area contributed by atoms with E-state index in [-0.39, 0.29) is 5.78 Å². The largest absolute Gasteiger partial charge is 0.340 e. The molecule has 0 spiro atoms. The number of fused-ring (bicyclic) bond motifs is 1. The van der Waals surface area contributed by atoms with Crippen molar-refractivity contribution in [1.29, 1.82) is 0 Å². The first-order chi connectivity index (χ1) is 9.63. The molecule has 0 N–H and O–H groups in total. The summed E-state index contributed by atoms with van der Waals surface area (Å²) in [6.07, 6.45) is 1.98. The van der Waals surface area contributed by atoms with E-state index in [9.17, 15) is 4.79 Å².